The van der Waals surface area contributed by atoms with Crippen LogP contribution in [0.25, 0.3) is 6.08 Å². The second-order valence-electron chi connectivity index (χ2n) is 9.27. The van der Waals surface area contributed by atoms with Crippen molar-refractivity contribution in [2.75, 3.05) is 13.7 Å². The van der Waals surface area contributed by atoms with E-state index < -0.39 is 17.8 Å². The Morgan fingerprint density at radius 1 is 1.14 bits per heavy atom. The molecule has 4 aromatic rings. The molecule has 11 heteroatoms. The first-order valence-electron chi connectivity index (χ1n) is 12.9. The van der Waals surface area contributed by atoms with Crippen molar-refractivity contribution in [1.82, 2.24) is 4.57 Å². The van der Waals surface area contributed by atoms with Crippen LogP contribution in [0.1, 0.15) is 36.6 Å². The average molecular weight is 656 g/mol. The zero-order chi connectivity index (χ0) is 30.0. The maximum atomic E-state index is 14.1. The van der Waals surface area contributed by atoms with E-state index in [2.05, 4.69) is 20.9 Å². The van der Waals surface area contributed by atoms with Gasteiger partial charge < -0.3 is 14.2 Å². The molecule has 2 heterocycles. The topological polar surface area (TPSA) is 79.1 Å². The predicted molar refractivity (Wildman–Crippen MR) is 158 cm³/mol. The number of ether oxygens (including phenoxy) is 3. The van der Waals surface area contributed by atoms with Gasteiger partial charge >= 0.3 is 5.97 Å². The lowest BCUT2D eigenvalue weighted by Crippen LogP contribution is -2.39. The van der Waals surface area contributed by atoms with Gasteiger partial charge in [0.25, 0.3) is 5.56 Å². The van der Waals surface area contributed by atoms with Crippen molar-refractivity contribution >= 4 is 39.3 Å². The van der Waals surface area contributed by atoms with E-state index in [9.17, 15) is 18.4 Å². The summed E-state index contributed by atoms with van der Waals surface area (Å²) in [5.41, 5.74) is 1.81. The summed E-state index contributed by atoms with van der Waals surface area (Å²) in [5.74, 6) is -0.651. The first-order valence-corrected chi connectivity index (χ1v) is 14.5. The molecule has 0 unspecified atom stereocenters. The van der Waals surface area contributed by atoms with Crippen molar-refractivity contribution in [3.05, 3.63) is 124 Å². The highest BCUT2D eigenvalue weighted by atomic mass is 79.9. The number of methoxy groups -OCH3 is 1. The number of halogens is 3. The van der Waals surface area contributed by atoms with E-state index in [1.54, 1.807) is 50.3 Å². The molecule has 42 heavy (non-hydrogen) atoms. The van der Waals surface area contributed by atoms with E-state index in [4.69, 9.17) is 14.2 Å². The van der Waals surface area contributed by atoms with E-state index in [0.717, 1.165) is 11.3 Å². The molecule has 3 aromatic carbocycles. The van der Waals surface area contributed by atoms with Crippen LogP contribution < -0.4 is 24.4 Å². The Labute approximate surface area is 252 Å². The number of rotatable bonds is 8. The molecule has 1 atom stereocenters. The minimum absolute atomic E-state index is 0.00881. The van der Waals surface area contributed by atoms with Gasteiger partial charge in [-0.15, -0.1) is 0 Å². The highest BCUT2D eigenvalue weighted by Crippen LogP contribution is 2.37. The molecule has 0 saturated carbocycles. The zero-order valence-corrected chi connectivity index (χ0v) is 25.2. The molecule has 0 spiro atoms. The Balaban J connectivity index is 1.58. The number of thiazole rings is 1. The van der Waals surface area contributed by atoms with Crippen LogP contribution in [0.15, 0.2) is 86.2 Å². The molecule has 0 fully saturated rings. The number of fused-ring (bicyclic) bond motifs is 1. The first kappa shape index (κ1) is 29.4. The van der Waals surface area contributed by atoms with Crippen molar-refractivity contribution in [1.29, 1.82) is 0 Å². The molecule has 1 aliphatic rings. The van der Waals surface area contributed by atoms with Gasteiger partial charge in [-0.1, -0.05) is 41.7 Å². The van der Waals surface area contributed by atoms with Crippen LogP contribution in [0.5, 0.6) is 11.5 Å². The minimum Gasteiger partial charge on any atom is -0.493 e. The zero-order valence-electron chi connectivity index (χ0n) is 22.8. The molecule has 0 saturated heterocycles. The van der Waals surface area contributed by atoms with E-state index in [1.165, 1.54) is 42.0 Å². The van der Waals surface area contributed by atoms with Crippen LogP contribution in [-0.4, -0.2) is 24.3 Å². The third-order valence-corrected chi connectivity index (χ3v) is 8.15. The third-order valence-electron chi connectivity index (χ3n) is 6.58. The normalized spacial score (nSPS) is 14.8. The number of nitrogens with zero attached hydrogens (tertiary/aromatic N) is 2. The van der Waals surface area contributed by atoms with Gasteiger partial charge in [-0.05, 0) is 77.3 Å². The number of carbonyl (C=O) groups excluding carboxylic acids is 1. The lowest BCUT2D eigenvalue weighted by Gasteiger charge is -2.24. The van der Waals surface area contributed by atoms with Crippen molar-refractivity contribution in [3.8, 4) is 11.5 Å². The molecule has 7 nitrogen and oxygen atoms in total. The number of aromatic nitrogens is 1. The lowest BCUT2D eigenvalue weighted by atomic mass is 9.96. The lowest BCUT2D eigenvalue weighted by molar-refractivity contribution is -0.139. The van der Waals surface area contributed by atoms with E-state index in [-0.39, 0.29) is 30.2 Å². The summed E-state index contributed by atoms with van der Waals surface area (Å²) in [6.45, 7) is 3.51. The SMILES string of the molecule is CCOC(=O)C1=C(C)N=c2s/c(=C\c3cc(Br)c(OCc4ccccc4F)c(OC)c3)c(=O)n2[C@@H]1c1ccc(F)cc1. The quantitative estimate of drug-likeness (QED) is 0.237. The van der Waals surface area contributed by atoms with Gasteiger partial charge in [0, 0.05) is 5.56 Å². The second-order valence-corrected chi connectivity index (χ2v) is 11.1. The van der Waals surface area contributed by atoms with Crippen LogP contribution >= 0.6 is 27.3 Å². The highest BCUT2D eigenvalue weighted by molar-refractivity contribution is 9.10. The van der Waals surface area contributed by atoms with E-state index >= 15 is 0 Å². The van der Waals surface area contributed by atoms with Gasteiger partial charge in [-0.25, -0.2) is 18.6 Å². The van der Waals surface area contributed by atoms with Crippen LogP contribution in [0, 0.1) is 11.6 Å². The summed E-state index contributed by atoms with van der Waals surface area (Å²) in [6, 6.07) is 14.6. The van der Waals surface area contributed by atoms with E-state index in [1.807, 2.05) is 0 Å². The summed E-state index contributed by atoms with van der Waals surface area (Å²) in [5, 5.41) is 0. The van der Waals surface area contributed by atoms with Gasteiger partial charge in [0.1, 0.15) is 18.2 Å². The van der Waals surface area contributed by atoms with Gasteiger partial charge in [0.05, 0.1) is 40.0 Å². The van der Waals surface area contributed by atoms with Gasteiger partial charge in [-0.2, -0.15) is 0 Å². The van der Waals surface area contributed by atoms with Crippen molar-refractivity contribution in [2.45, 2.75) is 26.5 Å². The van der Waals surface area contributed by atoms with Crippen molar-refractivity contribution < 1.29 is 27.8 Å². The standard InChI is InChI=1S/C31H25BrF2N2O5S/c1-4-40-30(38)26-17(2)35-31-36(27(26)19-9-11-21(33)12-10-19)29(37)25(42-31)15-18-13-22(32)28(24(14-18)39-3)41-16-20-7-5-6-8-23(20)34/h5-15,27H,4,16H2,1-3H3/b25-15-/t27-/m1/s1. The Bertz CT molecular complexity index is 1880. The highest BCUT2D eigenvalue weighted by Gasteiger charge is 2.33. The third kappa shape index (κ3) is 5.79. The Morgan fingerprint density at radius 2 is 1.88 bits per heavy atom. The first-order chi connectivity index (χ1) is 20.2. The number of hydrogen-bond donors (Lipinski definition) is 0. The summed E-state index contributed by atoms with van der Waals surface area (Å²) >= 11 is 4.67. The number of allylic oxidation sites excluding steroid dienone is 1. The molecule has 1 aliphatic heterocycles. The number of carbonyl (C=O) groups is 1. The van der Waals surface area contributed by atoms with Crippen LogP contribution in [-0.2, 0) is 16.1 Å². The summed E-state index contributed by atoms with van der Waals surface area (Å²) in [4.78, 5) is 31.8. The molecule has 0 amide bonds. The van der Waals surface area contributed by atoms with E-state index in [0.29, 0.717) is 47.7 Å². The summed E-state index contributed by atoms with van der Waals surface area (Å²) in [6.07, 6.45) is 1.68. The largest absolute Gasteiger partial charge is 0.493 e. The Hall–Kier alpha value is -4.09. The molecule has 216 valence electrons. The number of hydrogen-bond acceptors (Lipinski definition) is 7. The molecule has 0 aliphatic carbocycles. The maximum Gasteiger partial charge on any atom is 0.338 e. The molecule has 1 aromatic heterocycles. The molecule has 5 rings (SSSR count). The molecule has 0 radical (unpaired) electrons. The van der Waals surface area contributed by atoms with Crippen LogP contribution in [0.4, 0.5) is 8.78 Å². The Kier molecular flexibility index (Phi) is 8.69. The molecular formula is C31H25BrF2N2O5S. The summed E-state index contributed by atoms with van der Waals surface area (Å²) < 4.78 is 46.9. The smallest absolute Gasteiger partial charge is 0.338 e. The fourth-order valence-electron chi connectivity index (χ4n) is 4.63. The van der Waals surface area contributed by atoms with Crippen LogP contribution in [0.3, 0.4) is 0 Å². The van der Waals surface area contributed by atoms with Gasteiger partial charge in [-0.3, -0.25) is 9.36 Å². The second kappa shape index (κ2) is 12.4. The monoisotopic (exact) mass is 654 g/mol. The molecular weight excluding hydrogens is 630 g/mol. The molecule has 0 N–H and O–H groups in total. The molecule has 0 bridgehead atoms. The van der Waals surface area contributed by atoms with Gasteiger partial charge in [0.2, 0.25) is 0 Å². The predicted octanol–water partition coefficient (Wildman–Crippen LogP) is 5.43. The van der Waals surface area contributed by atoms with Crippen LogP contribution in [0.2, 0.25) is 0 Å². The van der Waals surface area contributed by atoms with Crippen molar-refractivity contribution in [2.24, 2.45) is 4.99 Å². The fraction of sp³-hybridized carbons (Fsp3) is 0.194. The average Bonchev–Trinajstić information content (AvgIpc) is 3.26. The Morgan fingerprint density at radius 3 is 2.57 bits per heavy atom. The summed E-state index contributed by atoms with van der Waals surface area (Å²) in [7, 11) is 1.48. The number of esters is 1. The van der Waals surface area contributed by atoms with Crippen molar-refractivity contribution in [3.63, 3.8) is 0 Å². The fourth-order valence-corrected chi connectivity index (χ4v) is 6.25. The minimum atomic E-state index is -0.849. The maximum absolute atomic E-state index is 14.1. The van der Waals surface area contributed by atoms with Gasteiger partial charge in [0.15, 0.2) is 16.3 Å². The number of benzene rings is 3.